The van der Waals surface area contributed by atoms with Gasteiger partial charge in [0, 0.05) is 0 Å². The number of ether oxygens (including phenoxy) is 1. The smallest absolute Gasteiger partial charge is 0.309 e. The Morgan fingerprint density at radius 2 is 1.93 bits per heavy atom. The first-order chi connectivity index (χ1) is 6.59. The maximum absolute atomic E-state index is 11.6. The average Bonchev–Trinajstić information content (AvgIpc) is 2.28. The van der Waals surface area contributed by atoms with E-state index >= 15 is 0 Å². The predicted molar refractivity (Wildman–Crippen MR) is 57.0 cm³/mol. The maximum Gasteiger partial charge on any atom is 0.309 e. The molecule has 0 aromatic rings. The summed E-state index contributed by atoms with van der Waals surface area (Å²) in [5.41, 5.74) is 0. The van der Waals surface area contributed by atoms with Crippen molar-refractivity contribution in [3.63, 3.8) is 0 Å². The number of hydrogen-bond donors (Lipinski definition) is 0. The van der Waals surface area contributed by atoms with Gasteiger partial charge in [-0.25, -0.2) is 0 Å². The van der Waals surface area contributed by atoms with Crippen molar-refractivity contribution < 1.29 is 9.53 Å². The van der Waals surface area contributed by atoms with Crippen molar-refractivity contribution in [3.05, 3.63) is 0 Å². The Kier molecular flexibility index (Phi) is 4.43. The summed E-state index contributed by atoms with van der Waals surface area (Å²) in [5, 5.41) is 0. The lowest BCUT2D eigenvalue weighted by atomic mass is 9.99. The summed E-state index contributed by atoms with van der Waals surface area (Å²) >= 11 is 0. The summed E-state index contributed by atoms with van der Waals surface area (Å²) in [6.07, 6.45) is 5.70. The minimum atomic E-state index is 0.0223. The summed E-state index contributed by atoms with van der Waals surface area (Å²) < 4.78 is 5.24. The van der Waals surface area contributed by atoms with E-state index in [2.05, 4.69) is 6.92 Å². The van der Waals surface area contributed by atoms with Gasteiger partial charge in [-0.2, -0.15) is 0 Å². The normalized spacial score (nSPS) is 28.6. The lowest BCUT2D eigenvalue weighted by Gasteiger charge is -2.15. The highest BCUT2D eigenvalue weighted by Crippen LogP contribution is 2.27. The van der Waals surface area contributed by atoms with Gasteiger partial charge in [-0.05, 0) is 39.0 Å². The molecule has 0 aromatic carbocycles. The molecule has 2 unspecified atom stereocenters. The van der Waals surface area contributed by atoms with Crippen LogP contribution in [0.3, 0.4) is 0 Å². The van der Waals surface area contributed by atoms with Crippen molar-refractivity contribution in [1.82, 2.24) is 0 Å². The molecule has 1 fully saturated rings. The molecule has 14 heavy (non-hydrogen) atoms. The highest BCUT2D eigenvalue weighted by molar-refractivity contribution is 5.72. The van der Waals surface area contributed by atoms with Gasteiger partial charge in [-0.15, -0.1) is 0 Å². The average molecular weight is 198 g/mol. The van der Waals surface area contributed by atoms with E-state index in [1.807, 2.05) is 13.8 Å². The van der Waals surface area contributed by atoms with Gasteiger partial charge in [0.25, 0.3) is 0 Å². The monoisotopic (exact) mass is 198 g/mol. The first-order valence-corrected chi connectivity index (χ1v) is 5.80. The van der Waals surface area contributed by atoms with Crippen LogP contribution in [-0.2, 0) is 9.53 Å². The third-order valence-electron chi connectivity index (χ3n) is 2.94. The van der Waals surface area contributed by atoms with Crippen LogP contribution in [0.25, 0.3) is 0 Å². The van der Waals surface area contributed by atoms with E-state index in [1.54, 1.807) is 0 Å². The molecule has 0 aromatic heterocycles. The number of rotatable bonds is 2. The van der Waals surface area contributed by atoms with E-state index in [0.717, 1.165) is 18.8 Å². The molecule has 2 heteroatoms. The van der Waals surface area contributed by atoms with Gasteiger partial charge in [0.05, 0.1) is 12.0 Å². The van der Waals surface area contributed by atoms with Gasteiger partial charge in [-0.3, -0.25) is 4.79 Å². The van der Waals surface area contributed by atoms with Crippen LogP contribution in [0.1, 0.15) is 52.9 Å². The van der Waals surface area contributed by atoms with E-state index in [4.69, 9.17) is 4.74 Å². The third kappa shape index (κ3) is 3.69. The fourth-order valence-corrected chi connectivity index (χ4v) is 2.05. The quantitative estimate of drug-likeness (QED) is 0.503. The van der Waals surface area contributed by atoms with Gasteiger partial charge in [0.15, 0.2) is 0 Å². The van der Waals surface area contributed by atoms with E-state index in [-0.39, 0.29) is 18.0 Å². The molecule has 1 aliphatic rings. The summed E-state index contributed by atoms with van der Waals surface area (Å²) in [4.78, 5) is 11.6. The third-order valence-corrected chi connectivity index (χ3v) is 2.94. The predicted octanol–water partition coefficient (Wildman–Crippen LogP) is 3.15. The van der Waals surface area contributed by atoms with Gasteiger partial charge >= 0.3 is 5.97 Å². The molecule has 1 saturated carbocycles. The van der Waals surface area contributed by atoms with Crippen molar-refractivity contribution >= 4 is 5.97 Å². The van der Waals surface area contributed by atoms with Crippen LogP contribution in [0.5, 0.6) is 0 Å². The molecule has 0 heterocycles. The summed E-state index contributed by atoms with van der Waals surface area (Å²) in [6.45, 7) is 6.10. The summed E-state index contributed by atoms with van der Waals surface area (Å²) in [6, 6.07) is 0. The van der Waals surface area contributed by atoms with Crippen molar-refractivity contribution in [2.24, 2.45) is 11.8 Å². The molecule has 0 N–H and O–H groups in total. The number of carbonyl (C=O) groups excluding carboxylic acids is 1. The number of esters is 1. The number of carbonyl (C=O) groups is 1. The Labute approximate surface area is 87.0 Å². The molecule has 1 aliphatic carbocycles. The summed E-state index contributed by atoms with van der Waals surface area (Å²) in [5.74, 6) is 0.975. The molecule has 0 saturated heterocycles. The van der Waals surface area contributed by atoms with Crippen molar-refractivity contribution in [3.8, 4) is 0 Å². The van der Waals surface area contributed by atoms with Crippen LogP contribution < -0.4 is 0 Å². The molecule has 0 amide bonds. The van der Waals surface area contributed by atoms with Gasteiger partial charge in [0.1, 0.15) is 0 Å². The Hall–Kier alpha value is -0.530. The van der Waals surface area contributed by atoms with E-state index in [0.29, 0.717) is 0 Å². The van der Waals surface area contributed by atoms with Gasteiger partial charge in [0.2, 0.25) is 0 Å². The Bertz CT molecular complexity index is 187. The van der Waals surface area contributed by atoms with Crippen LogP contribution in [0.4, 0.5) is 0 Å². The van der Waals surface area contributed by atoms with Crippen LogP contribution in [-0.4, -0.2) is 12.1 Å². The first-order valence-electron chi connectivity index (χ1n) is 5.80. The second-order valence-electron chi connectivity index (χ2n) is 4.80. The lowest BCUT2D eigenvalue weighted by Crippen LogP contribution is -2.20. The van der Waals surface area contributed by atoms with Crippen LogP contribution >= 0.6 is 0 Å². The SMILES string of the molecule is CC1CCCC(C(=O)OC(C)C)CC1. The second-order valence-corrected chi connectivity index (χ2v) is 4.80. The Balaban J connectivity index is 2.39. The molecule has 0 bridgehead atoms. The molecule has 0 spiro atoms. The van der Waals surface area contributed by atoms with E-state index in [1.165, 1.54) is 19.3 Å². The zero-order valence-corrected chi connectivity index (χ0v) is 9.58. The summed E-state index contributed by atoms with van der Waals surface area (Å²) in [7, 11) is 0. The molecule has 1 rings (SSSR count). The highest BCUT2D eigenvalue weighted by Gasteiger charge is 2.24. The Morgan fingerprint density at radius 1 is 1.21 bits per heavy atom. The van der Waals surface area contributed by atoms with Crippen LogP contribution in [0, 0.1) is 11.8 Å². The van der Waals surface area contributed by atoms with Crippen LogP contribution in [0.15, 0.2) is 0 Å². The Morgan fingerprint density at radius 3 is 2.57 bits per heavy atom. The zero-order valence-electron chi connectivity index (χ0n) is 9.58. The maximum atomic E-state index is 11.6. The minimum Gasteiger partial charge on any atom is -0.463 e. The zero-order chi connectivity index (χ0) is 10.6. The van der Waals surface area contributed by atoms with Gasteiger partial charge < -0.3 is 4.74 Å². The van der Waals surface area contributed by atoms with E-state index < -0.39 is 0 Å². The van der Waals surface area contributed by atoms with Crippen molar-refractivity contribution in [1.29, 1.82) is 0 Å². The molecule has 0 aliphatic heterocycles. The standard InChI is InChI=1S/C12H22O2/c1-9(2)14-12(13)11-6-4-5-10(3)7-8-11/h9-11H,4-8H2,1-3H3. The van der Waals surface area contributed by atoms with Crippen molar-refractivity contribution in [2.75, 3.05) is 0 Å². The van der Waals surface area contributed by atoms with Crippen LogP contribution in [0.2, 0.25) is 0 Å². The first kappa shape index (κ1) is 11.5. The molecule has 2 nitrogen and oxygen atoms in total. The lowest BCUT2D eigenvalue weighted by molar-refractivity contribution is -0.152. The second kappa shape index (κ2) is 5.38. The molecule has 0 radical (unpaired) electrons. The number of hydrogen-bond acceptors (Lipinski definition) is 2. The molecular weight excluding hydrogens is 176 g/mol. The van der Waals surface area contributed by atoms with Gasteiger partial charge in [-0.1, -0.05) is 19.8 Å². The molecule has 82 valence electrons. The minimum absolute atomic E-state index is 0.0223. The topological polar surface area (TPSA) is 26.3 Å². The molecule has 2 atom stereocenters. The fraction of sp³-hybridized carbons (Fsp3) is 0.917. The highest BCUT2D eigenvalue weighted by atomic mass is 16.5. The van der Waals surface area contributed by atoms with E-state index in [9.17, 15) is 4.79 Å². The van der Waals surface area contributed by atoms with Crippen molar-refractivity contribution in [2.45, 2.75) is 59.0 Å². The molecular formula is C12H22O2. The largest absolute Gasteiger partial charge is 0.463 e. The fourth-order valence-electron chi connectivity index (χ4n) is 2.05.